The van der Waals surface area contributed by atoms with Gasteiger partial charge in [-0.2, -0.15) is 0 Å². The highest BCUT2D eigenvalue weighted by Gasteiger charge is 2.20. The monoisotopic (exact) mass is 254 g/mol. The number of rotatable bonds is 3. The van der Waals surface area contributed by atoms with E-state index in [9.17, 15) is 9.59 Å². The van der Waals surface area contributed by atoms with Crippen LogP contribution in [0.2, 0.25) is 0 Å². The lowest BCUT2D eigenvalue weighted by Gasteiger charge is -2.07. The molecule has 0 amide bonds. The molecular formula is C11H11BrO2. The van der Waals surface area contributed by atoms with Crippen molar-refractivity contribution in [3.63, 3.8) is 0 Å². The smallest absolute Gasteiger partial charge is 0.174 e. The van der Waals surface area contributed by atoms with Crippen LogP contribution in [0.1, 0.15) is 24.2 Å². The van der Waals surface area contributed by atoms with Crippen LogP contribution < -0.4 is 0 Å². The van der Waals surface area contributed by atoms with Crippen molar-refractivity contribution in [3.05, 3.63) is 34.3 Å². The maximum atomic E-state index is 11.8. The van der Waals surface area contributed by atoms with Crippen molar-refractivity contribution < 1.29 is 9.59 Å². The van der Waals surface area contributed by atoms with Gasteiger partial charge in [-0.15, -0.1) is 0 Å². The zero-order valence-corrected chi connectivity index (χ0v) is 9.67. The van der Waals surface area contributed by atoms with Gasteiger partial charge in [0.15, 0.2) is 5.78 Å². The number of benzene rings is 1. The molecule has 1 unspecified atom stereocenters. The summed E-state index contributed by atoms with van der Waals surface area (Å²) in [6.45, 7) is 3.06. The van der Waals surface area contributed by atoms with Gasteiger partial charge in [-0.25, -0.2) is 0 Å². The van der Waals surface area contributed by atoms with Crippen molar-refractivity contribution in [2.75, 3.05) is 0 Å². The van der Waals surface area contributed by atoms with Crippen molar-refractivity contribution in [1.82, 2.24) is 0 Å². The van der Waals surface area contributed by atoms with Crippen molar-refractivity contribution in [3.8, 4) is 0 Å². The number of halogens is 1. The quantitative estimate of drug-likeness (QED) is 0.614. The van der Waals surface area contributed by atoms with E-state index in [1.165, 1.54) is 6.92 Å². The van der Waals surface area contributed by atoms with Crippen molar-refractivity contribution >= 4 is 27.5 Å². The molecule has 1 aromatic rings. The van der Waals surface area contributed by atoms with Crippen LogP contribution in [0.3, 0.4) is 0 Å². The number of hydrogen-bond donors (Lipinski definition) is 0. The molecule has 0 aromatic heterocycles. The Morgan fingerprint density at radius 3 is 2.36 bits per heavy atom. The molecule has 3 heteroatoms. The fourth-order valence-corrected chi connectivity index (χ4v) is 1.56. The highest BCUT2D eigenvalue weighted by molar-refractivity contribution is 9.10. The summed E-state index contributed by atoms with van der Waals surface area (Å²) in [6, 6.07) is 7.12. The normalized spacial score (nSPS) is 12.2. The van der Waals surface area contributed by atoms with E-state index in [2.05, 4.69) is 15.9 Å². The molecule has 2 nitrogen and oxygen atoms in total. The largest absolute Gasteiger partial charge is 0.299 e. The first-order valence-corrected chi connectivity index (χ1v) is 5.12. The lowest BCUT2D eigenvalue weighted by atomic mass is 9.96. The second kappa shape index (κ2) is 4.51. The van der Waals surface area contributed by atoms with E-state index < -0.39 is 5.92 Å². The van der Waals surface area contributed by atoms with Gasteiger partial charge in [0.05, 0.1) is 5.92 Å². The van der Waals surface area contributed by atoms with Crippen LogP contribution in [0, 0.1) is 5.92 Å². The summed E-state index contributed by atoms with van der Waals surface area (Å²) in [4.78, 5) is 22.8. The van der Waals surface area contributed by atoms with Crippen molar-refractivity contribution in [2.45, 2.75) is 13.8 Å². The first-order valence-electron chi connectivity index (χ1n) is 4.33. The summed E-state index contributed by atoms with van der Waals surface area (Å²) in [5.74, 6) is -0.801. The number of hydrogen-bond acceptors (Lipinski definition) is 2. The minimum absolute atomic E-state index is 0.106. The Balaban J connectivity index is 3.01. The van der Waals surface area contributed by atoms with Crippen LogP contribution in [0.15, 0.2) is 28.7 Å². The lowest BCUT2D eigenvalue weighted by Crippen LogP contribution is -2.18. The van der Waals surface area contributed by atoms with Crippen LogP contribution in [-0.2, 0) is 4.79 Å². The van der Waals surface area contributed by atoms with Crippen LogP contribution in [0.25, 0.3) is 0 Å². The average Bonchev–Trinajstić information content (AvgIpc) is 2.16. The first kappa shape index (κ1) is 11.1. The lowest BCUT2D eigenvalue weighted by molar-refractivity contribution is -0.118. The van der Waals surface area contributed by atoms with E-state index in [-0.39, 0.29) is 11.6 Å². The molecule has 0 saturated heterocycles. The van der Waals surface area contributed by atoms with Crippen molar-refractivity contribution in [1.29, 1.82) is 0 Å². The van der Waals surface area contributed by atoms with E-state index >= 15 is 0 Å². The van der Waals surface area contributed by atoms with E-state index in [4.69, 9.17) is 0 Å². The highest BCUT2D eigenvalue weighted by Crippen LogP contribution is 2.19. The van der Waals surface area contributed by atoms with Gasteiger partial charge < -0.3 is 0 Å². The molecule has 0 N–H and O–H groups in total. The van der Waals surface area contributed by atoms with Crippen LogP contribution in [0.4, 0.5) is 0 Å². The summed E-state index contributed by atoms with van der Waals surface area (Å²) in [5.41, 5.74) is 0.565. The summed E-state index contributed by atoms with van der Waals surface area (Å²) in [6.07, 6.45) is 0. The molecular weight excluding hydrogens is 244 g/mol. The average molecular weight is 255 g/mol. The summed E-state index contributed by atoms with van der Waals surface area (Å²) in [7, 11) is 0. The third-order valence-electron chi connectivity index (χ3n) is 2.14. The molecule has 1 atom stereocenters. The molecule has 0 radical (unpaired) electrons. The van der Waals surface area contributed by atoms with Crippen LogP contribution in [-0.4, -0.2) is 11.6 Å². The molecule has 0 saturated carbocycles. The number of Topliss-reactive ketones (excluding diaryl/α,β-unsaturated/α-hetero) is 2. The molecule has 0 spiro atoms. The molecule has 1 rings (SSSR count). The van der Waals surface area contributed by atoms with Gasteiger partial charge >= 0.3 is 0 Å². The minimum atomic E-state index is -0.561. The van der Waals surface area contributed by atoms with E-state index in [0.717, 1.165) is 4.47 Å². The Labute approximate surface area is 91.4 Å². The Morgan fingerprint density at radius 2 is 1.86 bits per heavy atom. The number of ketones is 2. The highest BCUT2D eigenvalue weighted by atomic mass is 79.9. The van der Waals surface area contributed by atoms with Gasteiger partial charge in [0.25, 0.3) is 0 Å². The Morgan fingerprint density at radius 1 is 1.29 bits per heavy atom. The Bertz CT molecular complexity index is 371. The van der Waals surface area contributed by atoms with Gasteiger partial charge in [0.1, 0.15) is 5.78 Å². The molecule has 74 valence electrons. The minimum Gasteiger partial charge on any atom is -0.299 e. The van der Waals surface area contributed by atoms with E-state index in [0.29, 0.717) is 5.56 Å². The summed E-state index contributed by atoms with van der Waals surface area (Å²) in [5, 5.41) is 0. The third-order valence-corrected chi connectivity index (χ3v) is 2.83. The van der Waals surface area contributed by atoms with Crippen LogP contribution in [0.5, 0.6) is 0 Å². The maximum Gasteiger partial charge on any atom is 0.174 e. The molecule has 0 aliphatic heterocycles. The molecule has 0 aliphatic carbocycles. The molecule has 0 aliphatic rings. The second-order valence-electron chi connectivity index (χ2n) is 3.18. The Hall–Kier alpha value is -0.960. The Kier molecular flexibility index (Phi) is 3.58. The van der Waals surface area contributed by atoms with Gasteiger partial charge in [-0.1, -0.05) is 34.1 Å². The topological polar surface area (TPSA) is 34.1 Å². The summed E-state index contributed by atoms with van der Waals surface area (Å²) < 4.78 is 0.734. The third kappa shape index (κ3) is 2.29. The first-order chi connectivity index (χ1) is 6.54. The molecule has 0 bridgehead atoms. The molecule has 14 heavy (non-hydrogen) atoms. The zero-order chi connectivity index (χ0) is 10.7. The number of carbonyl (C=O) groups excluding carboxylic acids is 2. The van der Waals surface area contributed by atoms with E-state index in [1.54, 1.807) is 25.1 Å². The van der Waals surface area contributed by atoms with Gasteiger partial charge in [0, 0.05) is 10.0 Å². The zero-order valence-electron chi connectivity index (χ0n) is 8.08. The van der Waals surface area contributed by atoms with Crippen molar-refractivity contribution in [2.24, 2.45) is 5.92 Å². The van der Waals surface area contributed by atoms with Crippen LogP contribution >= 0.6 is 15.9 Å². The van der Waals surface area contributed by atoms with Gasteiger partial charge in [-0.3, -0.25) is 9.59 Å². The predicted octanol–water partition coefficient (Wildman–Crippen LogP) is 2.86. The standard InChI is InChI=1S/C11H11BrO2/c1-7(8(2)13)11(14)9-5-3-4-6-10(9)12/h3-7H,1-2H3. The van der Waals surface area contributed by atoms with E-state index in [1.807, 2.05) is 6.07 Å². The van der Waals surface area contributed by atoms with Gasteiger partial charge in [0.2, 0.25) is 0 Å². The predicted molar refractivity (Wildman–Crippen MR) is 58.3 cm³/mol. The van der Waals surface area contributed by atoms with Gasteiger partial charge in [-0.05, 0) is 19.9 Å². The second-order valence-corrected chi connectivity index (χ2v) is 4.03. The fraction of sp³-hybridized carbons (Fsp3) is 0.273. The molecule has 0 fully saturated rings. The SMILES string of the molecule is CC(=O)C(C)C(=O)c1ccccc1Br. The maximum absolute atomic E-state index is 11.8. The number of carbonyl (C=O) groups is 2. The fourth-order valence-electron chi connectivity index (χ4n) is 1.08. The summed E-state index contributed by atoms with van der Waals surface area (Å²) >= 11 is 3.28. The molecule has 0 heterocycles. The molecule has 1 aromatic carbocycles.